The average molecular weight is 483 g/mol. The van der Waals surface area contributed by atoms with Crippen molar-refractivity contribution < 1.29 is 17.9 Å². The van der Waals surface area contributed by atoms with Crippen LogP contribution in [-0.4, -0.2) is 42.6 Å². The Hall–Kier alpha value is -3.89. The van der Waals surface area contributed by atoms with Gasteiger partial charge in [-0.3, -0.25) is 0 Å². The standard InChI is InChI=1S/C24H24F3N7O/c1-15-28-14-29-34(15)21-10-7-17(12-20(21)25)30-24-31-23-19(4-2-3-11-33(23)32-24)16-5-8-18(9-6-16)35-13-22(26)27/h5-10,12,14,19,22H,2-4,11,13H2,1H3,(H,30,32)/t19-/m1/s1. The van der Waals surface area contributed by atoms with Gasteiger partial charge in [-0.25, -0.2) is 27.5 Å². The maximum absolute atomic E-state index is 14.8. The van der Waals surface area contributed by atoms with E-state index >= 15 is 0 Å². The highest BCUT2D eigenvalue weighted by atomic mass is 19.3. The van der Waals surface area contributed by atoms with Crippen LogP contribution in [-0.2, 0) is 6.54 Å². The van der Waals surface area contributed by atoms with Crippen LogP contribution in [0, 0.1) is 12.7 Å². The van der Waals surface area contributed by atoms with E-state index in [1.807, 2.05) is 16.8 Å². The highest BCUT2D eigenvalue weighted by molar-refractivity contribution is 5.56. The van der Waals surface area contributed by atoms with Crippen LogP contribution in [0.25, 0.3) is 5.69 Å². The van der Waals surface area contributed by atoms with Gasteiger partial charge in [0.2, 0.25) is 5.95 Å². The van der Waals surface area contributed by atoms with Gasteiger partial charge in [0.25, 0.3) is 6.43 Å². The minimum atomic E-state index is -2.52. The SMILES string of the molecule is Cc1ncnn1-c1ccc(Nc2nc3n(n2)CCCC[C@@H]3c2ccc(OCC(F)F)cc2)cc1F. The van der Waals surface area contributed by atoms with E-state index in [1.165, 1.54) is 17.1 Å². The van der Waals surface area contributed by atoms with Crippen molar-refractivity contribution in [3.05, 3.63) is 71.8 Å². The summed E-state index contributed by atoms with van der Waals surface area (Å²) in [5, 5.41) is 11.7. The Balaban J connectivity index is 1.36. The zero-order valence-corrected chi connectivity index (χ0v) is 19.0. The molecule has 0 aliphatic carbocycles. The molecule has 1 aliphatic heterocycles. The molecule has 35 heavy (non-hydrogen) atoms. The van der Waals surface area contributed by atoms with Gasteiger partial charge in [0.15, 0.2) is 5.82 Å². The highest BCUT2D eigenvalue weighted by Gasteiger charge is 2.25. The molecule has 0 amide bonds. The van der Waals surface area contributed by atoms with Crippen LogP contribution in [0.4, 0.5) is 24.8 Å². The van der Waals surface area contributed by atoms with Gasteiger partial charge in [0.1, 0.15) is 36.0 Å². The second-order valence-corrected chi connectivity index (χ2v) is 8.35. The molecule has 1 aliphatic rings. The Morgan fingerprint density at radius 2 is 1.97 bits per heavy atom. The number of benzene rings is 2. The van der Waals surface area contributed by atoms with Gasteiger partial charge in [-0.1, -0.05) is 18.6 Å². The first-order valence-electron chi connectivity index (χ1n) is 11.4. The van der Waals surface area contributed by atoms with Crippen LogP contribution >= 0.6 is 0 Å². The van der Waals surface area contributed by atoms with E-state index in [9.17, 15) is 13.2 Å². The summed E-state index contributed by atoms with van der Waals surface area (Å²) in [6, 6.07) is 11.9. The molecule has 0 radical (unpaired) electrons. The van der Waals surface area contributed by atoms with Gasteiger partial charge in [-0.2, -0.15) is 10.1 Å². The van der Waals surface area contributed by atoms with Crippen molar-refractivity contribution in [1.29, 1.82) is 0 Å². The Labute approximate surface area is 199 Å². The van der Waals surface area contributed by atoms with Gasteiger partial charge in [-0.05, 0) is 55.7 Å². The van der Waals surface area contributed by atoms with Crippen molar-refractivity contribution >= 4 is 11.6 Å². The van der Waals surface area contributed by atoms with Crippen molar-refractivity contribution in [3.63, 3.8) is 0 Å². The molecule has 4 aromatic rings. The molecule has 2 aromatic carbocycles. The number of hydrogen-bond acceptors (Lipinski definition) is 6. The first kappa shape index (κ1) is 22.9. The number of nitrogens with one attached hydrogen (secondary N) is 1. The fourth-order valence-corrected chi connectivity index (χ4v) is 4.26. The van der Waals surface area contributed by atoms with Crippen LogP contribution in [0.1, 0.15) is 42.4 Å². The summed E-state index contributed by atoms with van der Waals surface area (Å²) in [7, 11) is 0. The normalized spacial score (nSPS) is 15.6. The van der Waals surface area contributed by atoms with E-state index in [2.05, 4.69) is 20.5 Å². The van der Waals surface area contributed by atoms with Gasteiger partial charge < -0.3 is 10.1 Å². The predicted octanol–water partition coefficient (Wildman–Crippen LogP) is 5.01. The molecule has 5 rings (SSSR count). The van der Waals surface area contributed by atoms with E-state index in [4.69, 9.17) is 9.72 Å². The molecule has 8 nitrogen and oxygen atoms in total. The maximum Gasteiger partial charge on any atom is 0.272 e. The van der Waals surface area contributed by atoms with E-state index in [0.29, 0.717) is 28.9 Å². The Bertz CT molecular complexity index is 1300. The lowest BCUT2D eigenvalue weighted by molar-refractivity contribution is 0.0819. The molecule has 1 N–H and O–H groups in total. The molecule has 0 unspecified atom stereocenters. The third-order valence-corrected chi connectivity index (χ3v) is 5.93. The molecule has 0 fully saturated rings. The largest absolute Gasteiger partial charge is 0.488 e. The molecule has 0 saturated heterocycles. The Morgan fingerprint density at radius 1 is 1.14 bits per heavy atom. The maximum atomic E-state index is 14.8. The minimum Gasteiger partial charge on any atom is -0.488 e. The molecular formula is C24H24F3N7O. The van der Waals surface area contributed by atoms with Crippen molar-refractivity contribution in [3.8, 4) is 11.4 Å². The minimum absolute atomic E-state index is 0.000832. The van der Waals surface area contributed by atoms with E-state index in [-0.39, 0.29) is 5.92 Å². The van der Waals surface area contributed by atoms with Crippen LogP contribution in [0.5, 0.6) is 5.75 Å². The fourth-order valence-electron chi connectivity index (χ4n) is 4.26. The summed E-state index contributed by atoms with van der Waals surface area (Å²) in [5.74, 6) is 1.73. The van der Waals surface area contributed by atoms with Crippen LogP contribution in [0.2, 0.25) is 0 Å². The van der Waals surface area contributed by atoms with Gasteiger partial charge in [0.05, 0.1) is 0 Å². The number of aromatic nitrogens is 6. The van der Waals surface area contributed by atoms with Crippen molar-refractivity contribution in [1.82, 2.24) is 29.5 Å². The molecule has 2 aromatic heterocycles. The lowest BCUT2D eigenvalue weighted by Crippen LogP contribution is -2.09. The molecule has 0 bridgehead atoms. The van der Waals surface area contributed by atoms with Gasteiger partial charge >= 0.3 is 0 Å². The molecular weight excluding hydrogens is 459 g/mol. The summed E-state index contributed by atoms with van der Waals surface area (Å²) in [6.45, 7) is 1.85. The smallest absolute Gasteiger partial charge is 0.272 e. The lowest BCUT2D eigenvalue weighted by atomic mass is 9.93. The van der Waals surface area contributed by atoms with Gasteiger partial charge in [0, 0.05) is 18.2 Å². The molecule has 0 saturated carbocycles. The van der Waals surface area contributed by atoms with Crippen LogP contribution in [0.3, 0.4) is 0 Å². The number of nitrogens with zero attached hydrogens (tertiary/aromatic N) is 6. The molecule has 0 spiro atoms. The molecule has 182 valence electrons. The third-order valence-electron chi connectivity index (χ3n) is 5.93. The number of hydrogen-bond donors (Lipinski definition) is 1. The highest BCUT2D eigenvalue weighted by Crippen LogP contribution is 2.33. The van der Waals surface area contributed by atoms with E-state index in [0.717, 1.165) is 37.2 Å². The summed E-state index contributed by atoms with van der Waals surface area (Å²) in [6.07, 6.45) is 1.72. The fraction of sp³-hybridized carbons (Fsp3) is 0.333. The molecule has 1 atom stereocenters. The quantitative estimate of drug-likeness (QED) is 0.398. The zero-order valence-electron chi connectivity index (χ0n) is 19.0. The Morgan fingerprint density at radius 3 is 2.69 bits per heavy atom. The second kappa shape index (κ2) is 9.77. The molecule has 11 heteroatoms. The summed E-state index contributed by atoms with van der Waals surface area (Å²) >= 11 is 0. The third kappa shape index (κ3) is 4.98. The topological polar surface area (TPSA) is 82.7 Å². The molecule has 3 heterocycles. The average Bonchev–Trinajstić information content (AvgIpc) is 3.39. The number of rotatable bonds is 7. The zero-order chi connectivity index (χ0) is 24.4. The van der Waals surface area contributed by atoms with Crippen molar-refractivity contribution in [2.75, 3.05) is 11.9 Å². The lowest BCUT2D eigenvalue weighted by Gasteiger charge is -2.15. The van der Waals surface area contributed by atoms with Gasteiger partial charge in [-0.15, -0.1) is 5.10 Å². The number of alkyl halides is 2. The Kier molecular flexibility index (Phi) is 6.39. The number of ether oxygens (including phenoxy) is 1. The van der Waals surface area contributed by atoms with Crippen molar-refractivity contribution in [2.45, 2.75) is 45.1 Å². The number of fused-ring (bicyclic) bond motifs is 1. The van der Waals surface area contributed by atoms with E-state index in [1.54, 1.807) is 31.2 Å². The number of anilines is 2. The number of aryl methyl sites for hydroxylation is 2. The number of halogens is 3. The summed E-state index contributed by atoms with van der Waals surface area (Å²) in [5.41, 5.74) is 1.83. The first-order valence-corrected chi connectivity index (χ1v) is 11.4. The van der Waals surface area contributed by atoms with Crippen LogP contribution in [0.15, 0.2) is 48.8 Å². The van der Waals surface area contributed by atoms with E-state index < -0.39 is 18.8 Å². The van der Waals surface area contributed by atoms with Crippen molar-refractivity contribution in [2.24, 2.45) is 0 Å². The predicted molar refractivity (Wildman–Crippen MR) is 123 cm³/mol. The van der Waals surface area contributed by atoms with Crippen LogP contribution < -0.4 is 10.1 Å². The summed E-state index contributed by atoms with van der Waals surface area (Å²) in [4.78, 5) is 8.75. The first-order chi connectivity index (χ1) is 17.0. The monoisotopic (exact) mass is 483 g/mol. The summed E-state index contributed by atoms with van der Waals surface area (Å²) < 4.78 is 48.0. The second-order valence-electron chi connectivity index (χ2n) is 8.35.